The first kappa shape index (κ1) is 5.80. The van der Waals surface area contributed by atoms with Crippen molar-refractivity contribution in [3.8, 4) is 0 Å². The van der Waals surface area contributed by atoms with Crippen molar-refractivity contribution in [2.75, 3.05) is 0 Å². The molecule has 0 saturated carbocycles. The first-order valence-corrected chi connectivity index (χ1v) is 3.83. The van der Waals surface area contributed by atoms with Gasteiger partial charge >= 0.3 is 0 Å². The second-order valence-corrected chi connectivity index (χ2v) is 3.15. The summed E-state index contributed by atoms with van der Waals surface area (Å²) < 4.78 is 0. The Morgan fingerprint density at radius 1 is 1.70 bits per heavy atom. The molecule has 10 heavy (non-hydrogen) atoms. The number of carbonyl (C=O) groups excluding carboxylic acids is 1. The molecule has 0 saturated heterocycles. The standard InChI is InChI=1S/C7H5NOS/c9-4-7-8-5-2-1-3-6(5)10-7/h1,3-4H,2H2. The molecule has 0 unspecified atom stereocenters. The lowest BCUT2D eigenvalue weighted by Gasteiger charge is -1.78. The number of thiazole rings is 1. The second kappa shape index (κ2) is 2.02. The third-order valence-electron chi connectivity index (χ3n) is 1.43. The summed E-state index contributed by atoms with van der Waals surface area (Å²) in [4.78, 5) is 15.5. The molecule has 0 radical (unpaired) electrons. The van der Waals surface area contributed by atoms with E-state index >= 15 is 0 Å². The Bertz CT molecular complexity index is 301. The van der Waals surface area contributed by atoms with Crippen LogP contribution < -0.4 is 0 Å². The Morgan fingerprint density at radius 3 is 3.30 bits per heavy atom. The van der Waals surface area contributed by atoms with E-state index in [0.717, 1.165) is 23.3 Å². The lowest BCUT2D eigenvalue weighted by atomic mass is 10.4. The number of rotatable bonds is 1. The average Bonchev–Trinajstić information content (AvgIpc) is 2.42. The smallest absolute Gasteiger partial charge is 0.178 e. The van der Waals surface area contributed by atoms with E-state index in [0.29, 0.717) is 5.01 Å². The largest absolute Gasteiger partial charge is 0.295 e. The van der Waals surface area contributed by atoms with Crippen molar-refractivity contribution in [2.24, 2.45) is 0 Å². The minimum absolute atomic E-state index is 0.592. The fourth-order valence-corrected chi connectivity index (χ4v) is 1.83. The zero-order valence-electron chi connectivity index (χ0n) is 5.20. The van der Waals surface area contributed by atoms with Crippen LogP contribution in [0.2, 0.25) is 0 Å². The number of nitrogens with zero attached hydrogens (tertiary/aromatic N) is 1. The first-order chi connectivity index (χ1) is 4.90. The van der Waals surface area contributed by atoms with Crippen LogP contribution in [0, 0.1) is 0 Å². The summed E-state index contributed by atoms with van der Waals surface area (Å²) in [5.41, 5.74) is 1.05. The molecule has 1 aromatic rings. The number of allylic oxidation sites excluding steroid dienone is 1. The molecule has 2 nitrogen and oxygen atoms in total. The van der Waals surface area contributed by atoms with Gasteiger partial charge in [0, 0.05) is 6.42 Å². The summed E-state index contributed by atoms with van der Waals surface area (Å²) in [6.07, 6.45) is 5.76. The van der Waals surface area contributed by atoms with Gasteiger partial charge in [0.25, 0.3) is 0 Å². The number of aldehydes is 1. The quantitative estimate of drug-likeness (QED) is 0.570. The minimum atomic E-state index is 0.592. The summed E-state index contributed by atoms with van der Waals surface area (Å²) in [5.74, 6) is 0. The summed E-state index contributed by atoms with van der Waals surface area (Å²) in [5, 5.41) is 0.592. The first-order valence-electron chi connectivity index (χ1n) is 3.01. The highest BCUT2D eigenvalue weighted by Gasteiger charge is 2.10. The topological polar surface area (TPSA) is 30.0 Å². The van der Waals surface area contributed by atoms with E-state index in [4.69, 9.17) is 0 Å². The second-order valence-electron chi connectivity index (χ2n) is 2.09. The van der Waals surface area contributed by atoms with Crippen LogP contribution in [0.4, 0.5) is 0 Å². The predicted octanol–water partition coefficient (Wildman–Crippen LogP) is 1.52. The molecule has 1 aliphatic rings. The van der Waals surface area contributed by atoms with Crippen molar-refractivity contribution in [2.45, 2.75) is 6.42 Å². The number of aromatic nitrogens is 1. The van der Waals surface area contributed by atoms with Crippen LogP contribution >= 0.6 is 11.3 Å². The zero-order chi connectivity index (χ0) is 6.97. The van der Waals surface area contributed by atoms with Crippen LogP contribution in [0.25, 0.3) is 6.08 Å². The Morgan fingerprint density at radius 2 is 2.60 bits per heavy atom. The molecule has 2 rings (SSSR count). The number of carbonyl (C=O) groups is 1. The monoisotopic (exact) mass is 151 g/mol. The summed E-state index contributed by atoms with van der Waals surface area (Å²) in [7, 11) is 0. The van der Waals surface area contributed by atoms with Crippen LogP contribution in [-0.2, 0) is 6.42 Å². The van der Waals surface area contributed by atoms with Gasteiger partial charge in [0.15, 0.2) is 11.3 Å². The average molecular weight is 151 g/mol. The van der Waals surface area contributed by atoms with Crippen molar-refractivity contribution in [1.82, 2.24) is 4.98 Å². The van der Waals surface area contributed by atoms with Gasteiger partial charge in [0.05, 0.1) is 10.6 Å². The van der Waals surface area contributed by atoms with E-state index in [-0.39, 0.29) is 0 Å². The van der Waals surface area contributed by atoms with E-state index in [1.165, 1.54) is 11.3 Å². The molecule has 1 aromatic heterocycles. The third-order valence-corrected chi connectivity index (χ3v) is 2.41. The fraction of sp³-hybridized carbons (Fsp3) is 0.143. The molecular weight excluding hydrogens is 146 g/mol. The molecule has 0 aliphatic heterocycles. The van der Waals surface area contributed by atoms with Gasteiger partial charge in [0.1, 0.15) is 0 Å². The highest BCUT2D eigenvalue weighted by atomic mass is 32.1. The molecule has 0 fully saturated rings. The van der Waals surface area contributed by atoms with E-state index < -0.39 is 0 Å². The lowest BCUT2D eigenvalue weighted by Crippen LogP contribution is -1.80. The summed E-state index contributed by atoms with van der Waals surface area (Å²) in [6.45, 7) is 0. The Labute approximate surface area is 62.2 Å². The number of hydrogen-bond acceptors (Lipinski definition) is 3. The van der Waals surface area contributed by atoms with Gasteiger partial charge in [-0.05, 0) is 6.08 Å². The third kappa shape index (κ3) is 0.708. The van der Waals surface area contributed by atoms with Gasteiger partial charge in [-0.1, -0.05) is 6.08 Å². The lowest BCUT2D eigenvalue weighted by molar-refractivity contribution is 0.112. The Kier molecular flexibility index (Phi) is 1.17. The SMILES string of the molecule is O=Cc1nc2c(s1)C=CC2. The van der Waals surface area contributed by atoms with Gasteiger partial charge in [-0.2, -0.15) is 0 Å². The van der Waals surface area contributed by atoms with Crippen molar-refractivity contribution >= 4 is 23.7 Å². The maximum atomic E-state index is 10.2. The molecule has 0 amide bonds. The molecule has 0 N–H and O–H groups in total. The Hall–Kier alpha value is -0.960. The molecule has 0 spiro atoms. The van der Waals surface area contributed by atoms with Crippen LogP contribution in [-0.4, -0.2) is 11.3 Å². The Balaban J connectivity index is 2.54. The molecule has 50 valence electrons. The summed E-state index contributed by atoms with van der Waals surface area (Å²) in [6, 6.07) is 0. The van der Waals surface area contributed by atoms with Gasteiger partial charge in [0.2, 0.25) is 0 Å². The van der Waals surface area contributed by atoms with Crippen molar-refractivity contribution in [3.05, 3.63) is 21.7 Å². The van der Waals surface area contributed by atoms with Crippen LogP contribution in [0.15, 0.2) is 6.08 Å². The van der Waals surface area contributed by atoms with E-state index in [2.05, 4.69) is 11.1 Å². The molecular formula is C7H5NOS. The van der Waals surface area contributed by atoms with E-state index in [1.807, 2.05) is 6.08 Å². The summed E-state index contributed by atoms with van der Waals surface area (Å²) >= 11 is 1.46. The van der Waals surface area contributed by atoms with Gasteiger partial charge in [-0.25, -0.2) is 4.98 Å². The fourth-order valence-electron chi connectivity index (χ4n) is 0.987. The highest BCUT2D eigenvalue weighted by Crippen LogP contribution is 2.24. The van der Waals surface area contributed by atoms with Crippen LogP contribution in [0.5, 0.6) is 0 Å². The van der Waals surface area contributed by atoms with Crippen molar-refractivity contribution in [3.63, 3.8) is 0 Å². The maximum Gasteiger partial charge on any atom is 0.178 e. The van der Waals surface area contributed by atoms with E-state index in [1.54, 1.807) is 0 Å². The zero-order valence-corrected chi connectivity index (χ0v) is 6.02. The van der Waals surface area contributed by atoms with Gasteiger partial charge in [-0.15, -0.1) is 11.3 Å². The normalized spacial score (nSPS) is 13.6. The number of hydrogen-bond donors (Lipinski definition) is 0. The molecule has 0 aromatic carbocycles. The minimum Gasteiger partial charge on any atom is -0.295 e. The molecule has 0 atom stereocenters. The van der Waals surface area contributed by atoms with Crippen molar-refractivity contribution in [1.29, 1.82) is 0 Å². The van der Waals surface area contributed by atoms with E-state index in [9.17, 15) is 4.79 Å². The predicted molar refractivity (Wildman–Crippen MR) is 40.2 cm³/mol. The maximum absolute atomic E-state index is 10.2. The van der Waals surface area contributed by atoms with Gasteiger partial charge < -0.3 is 0 Å². The van der Waals surface area contributed by atoms with Crippen molar-refractivity contribution < 1.29 is 4.79 Å². The highest BCUT2D eigenvalue weighted by molar-refractivity contribution is 7.14. The van der Waals surface area contributed by atoms with Crippen LogP contribution in [0.3, 0.4) is 0 Å². The molecule has 0 bridgehead atoms. The number of fused-ring (bicyclic) bond motifs is 1. The molecule has 3 heteroatoms. The molecule has 1 heterocycles. The molecule has 1 aliphatic carbocycles. The van der Waals surface area contributed by atoms with Gasteiger partial charge in [-0.3, -0.25) is 4.79 Å². The van der Waals surface area contributed by atoms with Crippen LogP contribution in [0.1, 0.15) is 20.4 Å².